The molecule has 1 N–H and O–H groups in total. The zero-order chi connectivity index (χ0) is 19.4. The minimum Gasteiger partial charge on any atom is -0.493 e. The molecule has 0 saturated carbocycles. The minimum atomic E-state index is -0.0158. The molecule has 1 aliphatic heterocycles. The Balaban J connectivity index is 1.93. The van der Waals surface area contributed by atoms with Crippen LogP contribution < -0.4 is 14.8 Å². The van der Waals surface area contributed by atoms with Gasteiger partial charge < -0.3 is 14.8 Å². The first-order valence-corrected chi connectivity index (χ1v) is 9.30. The van der Waals surface area contributed by atoms with Gasteiger partial charge in [-0.2, -0.15) is 0 Å². The molecule has 0 bridgehead atoms. The molecule has 1 amide bonds. The summed E-state index contributed by atoms with van der Waals surface area (Å²) in [6.45, 7) is 6.01. The van der Waals surface area contributed by atoms with Gasteiger partial charge in [0, 0.05) is 26.6 Å². The molecule has 0 fully saturated rings. The molecule has 0 spiro atoms. The number of nitrogens with zero attached hydrogens (tertiary/aromatic N) is 1. The van der Waals surface area contributed by atoms with Crippen LogP contribution in [0, 0.1) is 6.92 Å². The standard InChI is InChI=1S/C22H28N2O3/c1-15-5-7-17(8-6-15)14-24-10-9-18-11-21(26-3)22(27-4)12-19(18)20(24)13-23-16(2)25/h5-8,11-12,20H,9-10,13-14H2,1-4H3,(H,23,25)/t20-/m0/s1. The first kappa shape index (κ1) is 19.2. The molecule has 27 heavy (non-hydrogen) atoms. The quantitative estimate of drug-likeness (QED) is 0.850. The highest BCUT2D eigenvalue weighted by atomic mass is 16.5. The minimum absolute atomic E-state index is 0.0158. The van der Waals surface area contributed by atoms with E-state index in [0.29, 0.717) is 6.54 Å². The molecule has 1 atom stereocenters. The lowest BCUT2D eigenvalue weighted by atomic mass is 9.91. The molecule has 2 aromatic rings. The molecule has 144 valence electrons. The highest BCUT2D eigenvalue weighted by molar-refractivity contribution is 5.72. The number of carbonyl (C=O) groups excluding carboxylic acids is 1. The molecule has 0 aliphatic carbocycles. The van der Waals surface area contributed by atoms with Crippen LogP contribution in [-0.4, -0.2) is 38.1 Å². The summed E-state index contributed by atoms with van der Waals surface area (Å²) in [6.07, 6.45) is 0.943. The number of carbonyl (C=O) groups is 1. The Bertz CT molecular complexity index is 802. The molecule has 0 radical (unpaired) electrons. The van der Waals surface area contributed by atoms with Crippen LogP contribution in [0.2, 0.25) is 0 Å². The van der Waals surface area contributed by atoms with Crippen LogP contribution in [0.25, 0.3) is 0 Å². The van der Waals surface area contributed by atoms with E-state index in [-0.39, 0.29) is 11.9 Å². The van der Waals surface area contributed by atoms with Crippen LogP contribution in [0.15, 0.2) is 36.4 Å². The predicted octanol–water partition coefficient (Wildman–Crippen LogP) is 3.25. The zero-order valence-corrected chi connectivity index (χ0v) is 16.5. The van der Waals surface area contributed by atoms with Gasteiger partial charge in [-0.25, -0.2) is 0 Å². The van der Waals surface area contributed by atoms with Gasteiger partial charge in [0.25, 0.3) is 0 Å². The van der Waals surface area contributed by atoms with Crippen LogP contribution >= 0.6 is 0 Å². The van der Waals surface area contributed by atoms with Gasteiger partial charge in [0.1, 0.15) is 0 Å². The summed E-state index contributed by atoms with van der Waals surface area (Å²) in [5, 5.41) is 2.99. The van der Waals surface area contributed by atoms with Crippen LogP contribution in [0.5, 0.6) is 11.5 Å². The number of nitrogens with one attached hydrogen (secondary N) is 1. The third-order valence-corrected chi connectivity index (χ3v) is 5.16. The first-order chi connectivity index (χ1) is 13.0. The van der Waals surface area contributed by atoms with Crippen molar-refractivity contribution in [3.8, 4) is 11.5 Å². The number of fused-ring (bicyclic) bond motifs is 1. The number of amides is 1. The summed E-state index contributed by atoms with van der Waals surface area (Å²) >= 11 is 0. The van der Waals surface area contributed by atoms with E-state index in [2.05, 4.69) is 53.5 Å². The molecule has 5 nitrogen and oxygen atoms in total. The van der Waals surface area contributed by atoms with Crippen LogP contribution in [0.4, 0.5) is 0 Å². The van der Waals surface area contributed by atoms with E-state index in [1.165, 1.54) is 22.3 Å². The fourth-order valence-corrected chi connectivity index (χ4v) is 3.68. The van der Waals surface area contributed by atoms with E-state index in [9.17, 15) is 4.79 Å². The Morgan fingerprint density at radius 2 is 1.81 bits per heavy atom. The van der Waals surface area contributed by atoms with Crippen molar-refractivity contribution in [3.05, 3.63) is 58.7 Å². The molecular formula is C22H28N2O3. The Morgan fingerprint density at radius 1 is 1.15 bits per heavy atom. The predicted molar refractivity (Wildman–Crippen MR) is 106 cm³/mol. The second-order valence-electron chi connectivity index (χ2n) is 7.06. The van der Waals surface area contributed by atoms with E-state index < -0.39 is 0 Å². The molecule has 0 aromatic heterocycles. The Morgan fingerprint density at radius 3 is 2.44 bits per heavy atom. The maximum absolute atomic E-state index is 11.6. The Labute approximate surface area is 161 Å². The number of hydrogen-bond acceptors (Lipinski definition) is 4. The monoisotopic (exact) mass is 368 g/mol. The van der Waals surface area contributed by atoms with Crippen molar-refractivity contribution in [1.82, 2.24) is 10.2 Å². The number of rotatable bonds is 6. The van der Waals surface area contributed by atoms with Gasteiger partial charge in [-0.1, -0.05) is 29.8 Å². The SMILES string of the molecule is COc1cc2c(cc1OC)[C@H](CNC(C)=O)N(Cc1ccc(C)cc1)CC2. The maximum atomic E-state index is 11.6. The Hall–Kier alpha value is -2.53. The van der Waals surface area contributed by atoms with Crippen LogP contribution in [-0.2, 0) is 17.8 Å². The molecule has 0 unspecified atom stereocenters. The normalized spacial score (nSPS) is 16.5. The second kappa shape index (κ2) is 8.44. The number of ether oxygens (including phenoxy) is 2. The van der Waals surface area contributed by atoms with Gasteiger partial charge in [-0.3, -0.25) is 9.69 Å². The molecule has 2 aromatic carbocycles. The summed E-state index contributed by atoms with van der Waals surface area (Å²) in [5.74, 6) is 1.46. The first-order valence-electron chi connectivity index (χ1n) is 9.30. The highest BCUT2D eigenvalue weighted by Crippen LogP contribution is 2.38. The molecule has 0 saturated heterocycles. The van der Waals surface area contributed by atoms with E-state index in [0.717, 1.165) is 31.0 Å². The third-order valence-electron chi connectivity index (χ3n) is 5.16. The van der Waals surface area contributed by atoms with Crippen molar-refractivity contribution in [3.63, 3.8) is 0 Å². The molecule has 5 heteroatoms. The molecule has 1 heterocycles. The molecular weight excluding hydrogens is 340 g/mol. The fraction of sp³-hybridized carbons (Fsp3) is 0.409. The summed E-state index contributed by atoms with van der Waals surface area (Å²) in [7, 11) is 3.31. The lowest BCUT2D eigenvalue weighted by Gasteiger charge is -2.38. The van der Waals surface area contributed by atoms with Crippen molar-refractivity contribution < 1.29 is 14.3 Å². The number of methoxy groups -OCH3 is 2. The number of hydrogen-bond donors (Lipinski definition) is 1. The van der Waals surface area contributed by atoms with E-state index >= 15 is 0 Å². The molecule has 1 aliphatic rings. The summed E-state index contributed by atoms with van der Waals surface area (Å²) in [6, 6.07) is 12.9. The maximum Gasteiger partial charge on any atom is 0.216 e. The topological polar surface area (TPSA) is 50.8 Å². The average Bonchev–Trinajstić information content (AvgIpc) is 2.67. The smallest absolute Gasteiger partial charge is 0.216 e. The van der Waals surface area contributed by atoms with Crippen molar-refractivity contribution >= 4 is 5.91 Å². The lowest BCUT2D eigenvalue weighted by molar-refractivity contribution is -0.119. The second-order valence-corrected chi connectivity index (χ2v) is 7.06. The molecule has 3 rings (SSSR count). The van der Waals surface area contributed by atoms with Crippen LogP contribution in [0.3, 0.4) is 0 Å². The largest absolute Gasteiger partial charge is 0.493 e. The van der Waals surface area contributed by atoms with Crippen molar-refractivity contribution in [2.24, 2.45) is 0 Å². The van der Waals surface area contributed by atoms with Crippen molar-refractivity contribution in [1.29, 1.82) is 0 Å². The summed E-state index contributed by atoms with van der Waals surface area (Å²) in [4.78, 5) is 14.0. The number of aryl methyl sites for hydroxylation is 1. The van der Waals surface area contributed by atoms with Crippen molar-refractivity contribution in [2.75, 3.05) is 27.3 Å². The van der Waals surface area contributed by atoms with Gasteiger partial charge >= 0.3 is 0 Å². The van der Waals surface area contributed by atoms with Gasteiger partial charge in [-0.05, 0) is 42.2 Å². The fourth-order valence-electron chi connectivity index (χ4n) is 3.68. The summed E-state index contributed by atoms with van der Waals surface area (Å²) in [5.41, 5.74) is 4.98. The summed E-state index contributed by atoms with van der Waals surface area (Å²) < 4.78 is 11.0. The van der Waals surface area contributed by atoms with Gasteiger partial charge in [-0.15, -0.1) is 0 Å². The van der Waals surface area contributed by atoms with Gasteiger partial charge in [0.05, 0.1) is 20.3 Å². The number of benzene rings is 2. The van der Waals surface area contributed by atoms with E-state index in [1.54, 1.807) is 21.1 Å². The third kappa shape index (κ3) is 4.42. The van der Waals surface area contributed by atoms with Gasteiger partial charge in [0.15, 0.2) is 11.5 Å². The van der Waals surface area contributed by atoms with Gasteiger partial charge in [0.2, 0.25) is 5.91 Å². The van der Waals surface area contributed by atoms with Crippen LogP contribution in [0.1, 0.15) is 35.2 Å². The van der Waals surface area contributed by atoms with E-state index in [1.807, 2.05) is 0 Å². The van der Waals surface area contributed by atoms with Crippen molar-refractivity contribution in [2.45, 2.75) is 32.9 Å². The van der Waals surface area contributed by atoms with E-state index in [4.69, 9.17) is 9.47 Å². The lowest BCUT2D eigenvalue weighted by Crippen LogP contribution is -2.41. The zero-order valence-electron chi connectivity index (χ0n) is 16.5. The highest BCUT2D eigenvalue weighted by Gasteiger charge is 2.29. The Kier molecular flexibility index (Phi) is 6.01. The average molecular weight is 368 g/mol.